The number of hydrogen-bond acceptors (Lipinski definition) is 5. The quantitative estimate of drug-likeness (QED) is 0.283. The Kier molecular flexibility index (Phi) is 7.51. The number of imide groups is 1. The molecule has 170 valence electrons. The van der Waals surface area contributed by atoms with E-state index >= 15 is 0 Å². The average Bonchev–Trinajstić information content (AvgIpc) is 3.07. The first-order valence-corrected chi connectivity index (χ1v) is 12.4. The van der Waals surface area contributed by atoms with Gasteiger partial charge in [-0.25, -0.2) is 4.39 Å². The molecule has 0 N–H and O–H groups in total. The number of nitriles is 1. The number of nitrogens with zero attached hydrogens (tertiary/aromatic N) is 2. The fraction of sp³-hybridized carbons (Fsp3) is 0.0800. The number of amides is 2. The molecule has 0 bridgehead atoms. The summed E-state index contributed by atoms with van der Waals surface area (Å²) in [5.74, 6) is -0.163. The van der Waals surface area contributed by atoms with Crippen molar-refractivity contribution >= 4 is 60.8 Å². The standard InChI is InChI=1S/C25H15Br2FN2O3S/c26-20-9-16(10-21(27)23(20)33-14-15-5-7-19(28)8-6-15)11-22-24(31)30(25(32)34-22)13-18-4-2-1-3-17(18)12-29/h1-11H,13-14H2/b22-11+. The second kappa shape index (κ2) is 10.6. The Morgan fingerprint density at radius 2 is 1.74 bits per heavy atom. The van der Waals surface area contributed by atoms with Gasteiger partial charge in [0.25, 0.3) is 11.1 Å². The Labute approximate surface area is 216 Å². The maximum Gasteiger partial charge on any atom is 0.293 e. The zero-order valence-corrected chi connectivity index (χ0v) is 21.4. The lowest BCUT2D eigenvalue weighted by Gasteiger charge is -2.13. The number of hydrogen-bond donors (Lipinski definition) is 0. The smallest absolute Gasteiger partial charge is 0.293 e. The summed E-state index contributed by atoms with van der Waals surface area (Å²) in [7, 11) is 0. The molecule has 0 atom stereocenters. The molecule has 0 aliphatic carbocycles. The summed E-state index contributed by atoms with van der Waals surface area (Å²) >= 11 is 7.83. The third kappa shape index (κ3) is 5.41. The minimum atomic E-state index is -0.411. The van der Waals surface area contributed by atoms with Gasteiger partial charge in [-0.15, -0.1) is 0 Å². The van der Waals surface area contributed by atoms with Crippen LogP contribution in [0.2, 0.25) is 0 Å². The summed E-state index contributed by atoms with van der Waals surface area (Å²) in [6.45, 7) is 0.287. The zero-order valence-electron chi connectivity index (χ0n) is 17.4. The fourth-order valence-corrected chi connectivity index (χ4v) is 5.55. The normalized spacial score (nSPS) is 14.5. The second-order valence-corrected chi connectivity index (χ2v) is 9.97. The highest BCUT2D eigenvalue weighted by Crippen LogP contribution is 2.38. The van der Waals surface area contributed by atoms with Crippen LogP contribution < -0.4 is 4.74 Å². The molecule has 34 heavy (non-hydrogen) atoms. The van der Waals surface area contributed by atoms with Crippen LogP contribution in [0.15, 0.2) is 74.5 Å². The summed E-state index contributed by atoms with van der Waals surface area (Å²) in [6, 6.07) is 18.6. The Morgan fingerprint density at radius 3 is 2.41 bits per heavy atom. The third-order valence-corrected chi connectivity index (χ3v) is 7.04. The van der Waals surface area contributed by atoms with Crippen molar-refractivity contribution in [3.63, 3.8) is 0 Å². The molecular formula is C25H15Br2FN2O3S. The van der Waals surface area contributed by atoms with Crippen molar-refractivity contribution in [2.75, 3.05) is 0 Å². The Bertz CT molecular complexity index is 1330. The van der Waals surface area contributed by atoms with Gasteiger partial charge in [0.05, 0.1) is 32.0 Å². The molecule has 1 heterocycles. The van der Waals surface area contributed by atoms with Gasteiger partial charge in [-0.1, -0.05) is 30.3 Å². The van der Waals surface area contributed by atoms with Crippen molar-refractivity contribution in [2.45, 2.75) is 13.2 Å². The van der Waals surface area contributed by atoms with Crippen molar-refractivity contribution in [1.82, 2.24) is 4.90 Å². The third-order valence-electron chi connectivity index (χ3n) is 4.95. The SMILES string of the molecule is N#Cc1ccccc1CN1C(=O)S/C(=C/c2cc(Br)c(OCc3ccc(F)cc3)c(Br)c2)C1=O. The highest BCUT2D eigenvalue weighted by molar-refractivity contribution is 9.11. The van der Waals surface area contributed by atoms with E-state index < -0.39 is 5.91 Å². The summed E-state index contributed by atoms with van der Waals surface area (Å²) in [4.78, 5) is 26.8. The van der Waals surface area contributed by atoms with Crippen LogP contribution in [0.25, 0.3) is 6.08 Å². The van der Waals surface area contributed by atoms with Crippen molar-refractivity contribution < 1.29 is 18.7 Å². The maximum absolute atomic E-state index is 13.1. The monoisotopic (exact) mass is 600 g/mol. The van der Waals surface area contributed by atoms with E-state index in [1.165, 1.54) is 12.1 Å². The minimum absolute atomic E-state index is 0.0370. The van der Waals surface area contributed by atoms with Gasteiger partial charge in [0, 0.05) is 0 Å². The van der Waals surface area contributed by atoms with Crippen molar-refractivity contribution in [1.29, 1.82) is 5.26 Å². The first-order chi connectivity index (χ1) is 16.4. The number of rotatable bonds is 6. The van der Waals surface area contributed by atoms with E-state index in [1.54, 1.807) is 54.6 Å². The number of carbonyl (C=O) groups is 2. The maximum atomic E-state index is 13.1. The highest BCUT2D eigenvalue weighted by atomic mass is 79.9. The second-order valence-electron chi connectivity index (χ2n) is 7.27. The van der Waals surface area contributed by atoms with Crippen molar-refractivity contribution in [3.05, 3.63) is 103 Å². The lowest BCUT2D eigenvalue weighted by Crippen LogP contribution is -2.27. The number of thioether (sulfide) groups is 1. The molecule has 9 heteroatoms. The zero-order chi connectivity index (χ0) is 24.2. The number of halogens is 3. The molecule has 3 aromatic carbocycles. The van der Waals surface area contributed by atoms with Gasteiger partial charge in [0.1, 0.15) is 18.2 Å². The van der Waals surface area contributed by atoms with Crippen LogP contribution >= 0.6 is 43.6 Å². The van der Waals surface area contributed by atoms with Crippen LogP contribution in [0.5, 0.6) is 5.75 Å². The predicted molar refractivity (Wildman–Crippen MR) is 135 cm³/mol. The fourth-order valence-electron chi connectivity index (χ4n) is 3.26. The van der Waals surface area contributed by atoms with Gasteiger partial charge in [-0.05, 0) is 96.7 Å². The molecule has 3 aromatic rings. The van der Waals surface area contributed by atoms with E-state index in [2.05, 4.69) is 37.9 Å². The summed E-state index contributed by atoms with van der Waals surface area (Å²) in [5.41, 5.74) is 2.54. The van der Waals surface area contributed by atoms with Crippen LogP contribution in [0.1, 0.15) is 22.3 Å². The topological polar surface area (TPSA) is 70.4 Å². The molecule has 5 nitrogen and oxygen atoms in total. The lowest BCUT2D eigenvalue weighted by atomic mass is 10.1. The largest absolute Gasteiger partial charge is 0.487 e. The van der Waals surface area contributed by atoms with Gasteiger partial charge in [-0.2, -0.15) is 5.26 Å². The van der Waals surface area contributed by atoms with Gasteiger partial charge < -0.3 is 4.74 Å². The molecule has 1 aliphatic rings. The van der Waals surface area contributed by atoms with Gasteiger partial charge in [0.15, 0.2) is 0 Å². The first-order valence-electron chi connectivity index (χ1n) is 9.95. The summed E-state index contributed by atoms with van der Waals surface area (Å²) in [5, 5.41) is 8.88. The molecule has 1 saturated heterocycles. The van der Waals surface area contributed by atoms with Crippen LogP contribution in [-0.4, -0.2) is 16.0 Å². The van der Waals surface area contributed by atoms with Crippen LogP contribution in [0.4, 0.5) is 9.18 Å². The van der Waals surface area contributed by atoms with E-state index in [0.717, 1.165) is 22.2 Å². The molecule has 0 aromatic heterocycles. The van der Waals surface area contributed by atoms with Crippen LogP contribution in [-0.2, 0) is 17.9 Å². The van der Waals surface area contributed by atoms with E-state index in [-0.39, 0.29) is 24.2 Å². The number of ether oxygens (including phenoxy) is 1. The molecule has 0 spiro atoms. The van der Waals surface area contributed by atoms with Gasteiger partial charge in [-0.3, -0.25) is 14.5 Å². The van der Waals surface area contributed by atoms with Crippen molar-refractivity contribution in [2.24, 2.45) is 0 Å². The summed E-state index contributed by atoms with van der Waals surface area (Å²) in [6.07, 6.45) is 1.64. The van der Waals surface area contributed by atoms with E-state index in [4.69, 9.17) is 4.74 Å². The van der Waals surface area contributed by atoms with E-state index in [0.29, 0.717) is 36.3 Å². The predicted octanol–water partition coefficient (Wildman–Crippen LogP) is 7.04. The Balaban J connectivity index is 1.51. The minimum Gasteiger partial charge on any atom is -0.487 e. The molecule has 0 radical (unpaired) electrons. The molecule has 2 amide bonds. The van der Waals surface area contributed by atoms with E-state index in [9.17, 15) is 19.2 Å². The number of benzene rings is 3. The van der Waals surface area contributed by atoms with Crippen LogP contribution in [0, 0.1) is 17.1 Å². The molecular weight excluding hydrogens is 587 g/mol. The van der Waals surface area contributed by atoms with Gasteiger partial charge >= 0.3 is 0 Å². The van der Waals surface area contributed by atoms with Crippen LogP contribution in [0.3, 0.4) is 0 Å². The molecule has 0 saturated carbocycles. The Morgan fingerprint density at radius 1 is 1.06 bits per heavy atom. The van der Waals surface area contributed by atoms with E-state index in [1.807, 2.05) is 0 Å². The molecule has 1 fully saturated rings. The molecule has 4 rings (SSSR count). The summed E-state index contributed by atoms with van der Waals surface area (Å²) < 4.78 is 20.2. The Hall–Kier alpha value is -2.93. The number of carbonyl (C=O) groups excluding carboxylic acids is 2. The first kappa shape index (κ1) is 24.2. The highest BCUT2D eigenvalue weighted by Gasteiger charge is 2.35. The average molecular weight is 602 g/mol. The van der Waals surface area contributed by atoms with Gasteiger partial charge in [0.2, 0.25) is 0 Å². The lowest BCUT2D eigenvalue weighted by molar-refractivity contribution is -0.123. The molecule has 1 aliphatic heterocycles. The molecule has 0 unspecified atom stereocenters. The van der Waals surface area contributed by atoms with Crippen molar-refractivity contribution in [3.8, 4) is 11.8 Å².